The van der Waals surface area contributed by atoms with Crippen LogP contribution in [0.3, 0.4) is 0 Å². The van der Waals surface area contributed by atoms with Crippen LogP contribution in [0.2, 0.25) is 0 Å². The summed E-state index contributed by atoms with van der Waals surface area (Å²) in [5.74, 6) is 0. The van der Waals surface area contributed by atoms with Crippen LogP contribution in [-0.4, -0.2) is 24.6 Å². The second-order valence-corrected chi connectivity index (χ2v) is 6.77. The first-order valence-corrected chi connectivity index (χ1v) is 8.58. The van der Waals surface area contributed by atoms with E-state index < -0.39 is 0 Å². The fourth-order valence-corrected chi connectivity index (χ4v) is 3.04. The Morgan fingerprint density at radius 1 is 1.39 bits per heavy atom. The van der Waals surface area contributed by atoms with Crippen LogP contribution in [0.5, 0.6) is 0 Å². The van der Waals surface area contributed by atoms with Gasteiger partial charge in [0.15, 0.2) is 0 Å². The maximum absolute atomic E-state index is 12.1. The maximum Gasteiger partial charge on any atom is 0.315 e. The maximum atomic E-state index is 12.1. The van der Waals surface area contributed by atoms with Crippen LogP contribution >= 0.6 is 11.3 Å². The molecule has 0 aliphatic heterocycles. The average molecular weight is 332 g/mol. The number of hydrogen-bond acceptors (Lipinski definition) is 4. The lowest BCUT2D eigenvalue weighted by atomic mass is 10.1. The van der Waals surface area contributed by atoms with Crippen molar-refractivity contribution in [2.24, 2.45) is 0 Å². The number of aromatic nitrogens is 1. The third-order valence-corrected chi connectivity index (χ3v) is 4.77. The first-order chi connectivity index (χ1) is 11.0. The van der Waals surface area contributed by atoms with Crippen LogP contribution < -0.4 is 15.5 Å². The van der Waals surface area contributed by atoms with Gasteiger partial charge in [0.1, 0.15) is 5.01 Å². The van der Waals surface area contributed by atoms with Gasteiger partial charge in [0.25, 0.3) is 0 Å². The van der Waals surface area contributed by atoms with E-state index in [-0.39, 0.29) is 12.1 Å². The number of hydrogen-bond donors (Lipinski definition) is 2. The van der Waals surface area contributed by atoms with E-state index in [1.165, 1.54) is 0 Å². The molecule has 1 heterocycles. The van der Waals surface area contributed by atoms with Gasteiger partial charge in [-0.15, -0.1) is 11.3 Å². The number of urea groups is 1. The summed E-state index contributed by atoms with van der Waals surface area (Å²) in [5, 5.41) is 6.77. The van der Waals surface area contributed by atoms with Crippen molar-refractivity contribution in [3.05, 3.63) is 45.9 Å². The van der Waals surface area contributed by atoms with E-state index in [1.807, 2.05) is 45.3 Å². The number of nitrogens with one attached hydrogen (secondary N) is 2. The first kappa shape index (κ1) is 17.3. The molecule has 1 aromatic carbocycles. The molecule has 0 aliphatic rings. The van der Waals surface area contributed by atoms with E-state index in [2.05, 4.69) is 33.5 Å². The van der Waals surface area contributed by atoms with E-state index in [0.29, 0.717) is 6.54 Å². The van der Waals surface area contributed by atoms with E-state index >= 15 is 0 Å². The molecular formula is C17H24N4OS. The van der Waals surface area contributed by atoms with Gasteiger partial charge < -0.3 is 15.5 Å². The molecule has 0 spiro atoms. The van der Waals surface area contributed by atoms with Crippen LogP contribution in [-0.2, 0) is 6.54 Å². The molecule has 5 nitrogen and oxygen atoms in total. The van der Waals surface area contributed by atoms with Crippen molar-refractivity contribution < 1.29 is 4.79 Å². The number of nitrogens with zero attached hydrogens (tertiary/aromatic N) is 2. The number of amides is 2. The minimum absolute atomic E-state index is 0.0951. The minimum Gasteiger partial charge on any atom is -0.375 e. The van der Waals surface area contributed by atoms with Gasteiger partial charge in [-0.2, -0.15) is 0 Å². The molecule has 124 valence electrons. The molecule has 0 fully saturated rings. The van der Waals surface area contributed by atoms with Crippen LogP contribution in [0, 0.1) is 6.92 Å². The van der Waals surface area contributed by atoms with Crippen molar-refractivity contribution >= 4 is 23.1 Å². The van der Waals surface area contributed by atoms with Crippen molar-refractivity contribution in [1.82, 2.24) is 15.6 Å². The lowest BCUT2D eigenvalue weighted by molar-refractivity contribution is 0.237. The zero-order chi connectivity index (χ0) is 16.8. The summed E-state index contributed by atoms with van der Waals surface area (Å²) >= 11 is 1.60. The van der Waals surface area contributed by atoms with E-state index in [0.717, 1.165) is 27.7 Å². The topological polar surface area (TPSA) is 57.3 Å². The molecule has 2 aromatic rings. The summed E-state index contributed by atoms with van der Waals surface area (Å²) in [6.45, 7) is 7.47. The molecule has 6 heteroatoms. The molecular weight excluding hydrogens is 308 g/mol. The van der Waals surface area contributed by atoms with Crippen LogP contribution in [0.25, 0.3) is 0 Å². The average Bonchev–Trinajstić information content (AvgIpc) is 2.99. The molecule has 0 saturated carbocycles. The number of carbonyl (C=O) groups excluding carboxylic acids is 1. The van der Waals surface area contributed by atoms with Crippen molar-refractivity contribution in [1.29, 1.82) is 0 Å². The molecule has 0 aliphatic carbocycles. The molecule has 0 radical (unpaired) electrons. The molecule has 0 bridgehead atoms. The van der Waals surface area contributed by atoms with Gasteiger partial charge in [-0.1, -0.05) is 18.2 Å². The zero-order valence-electron chi connectivity index (χ0n) is 14.1. The number of para-hydroxylation sites is 1. The van der Waals surface area contributed by atoms with Gasteiger partial charge in [-0.3, -0.25) is 0 Å². The van der Waals surface area contributed by atoms with Gasteiger partial charge in [0.05, 0.1) is 6.04 Å². The van der Waals surface area contributed by atoms with Crippen LogP contribution in [0.15, 0.2) is 30.5 Å². The Morgan fingerprint density at radius 2 is 2.13 bits per heavy atom. The number of rotatable bonds is 6. The second-order valence-electron chi connectivity index (χ2n) is 5.50. The highest BCUT2D eigenvalue weighted by atomic mass is 32.1. The Hall–Kier alpha value is -2.08. The predicted molar refractivity (Wildman–Crippen MR) is 96.0 cm³/mol. The van der Waals surface area contributed by atoms with Gasteiger partial charge in [0, 0.05) is 36.9 Å². The van der Waals surface area contributed by atoms with Gasteiger partial charge >= 0.3 is 6.03 Å². The Bertz CT molecular complexity index is 656. The van der Waals surface area contributed by atoms with Gasteiger partial charge in [-0.25, -0.2) is 9.78 Å². The molecule has 1 atom stereocenters. The summed E-state index contributed by atoms with van der Waals surface area (Å²) in [6.07, 6.45) is 1.83. The fraction of sp³-hybridized carbons (Fsp3) is 0.412. The molecule has 2 N–H and O–H groups in total. The summed E-state index contributed by atoms with van der Waals surface area (Å²) in [7, 11) is 2.05. The first-order valence-electron chi connectivity index (χ1n) is 7.77. The fourth-order valence-electron chi connectivity index (χ4n) is 2.26. The largest absolute Gasteiger partial charge is 0.375 e. The molecule has 0 saturated heterocycles. The quantitative estimate of drug-likeness (QED) is 0.851. The number of carbonyl (C=O) groups is 1. The normalized spacial score (nSPS) is 11.8. The summed E-state index contributed by atoms with van der Waals surface area (Å²) in [4.78, 5) is 19.7. The van der Waals surface area contributed by atoms with Crippen LogP contribution in [0.1, 0.15) is 35.3 Å². The van der Waals surface area contributed by atoms with Crippen molar-refractivity contribution in [2.75, 3.05) is 18.5 Å². The summed E-state index contributed by atoms with van der Waals surface area (Å²) in [6, 6.07) is 7.83. The Labute approximate surface area is 141 Å². The number of anilines is 1. The third kappa shape index (κ3) is 4.69. The predicted octanol–water partition coefficient (Wildman–Crippen LogP) is 3.47. The smallest absolute Gasteiger partial charge is 0.315 e. The third-order valence-electron chi connectivity index (χ3n) is 3.67. The van der Waals surface area contributed by atoms with Crippen molar-refractivity contribution in [3.63, 3.8) is 0 Å². The minimum atomic E-state index is -0.181. The summed E-state index contributed by atoms with van der Waals surface area (Å²) < 4.78 is 0. The lowest BCUT2D eigenvalue weighted by Crippen LogP contribution is -2.36. The van der Waals surface area contributed by atoms with Gasteiger partial charge in [-0.05, 0) is 32.4 Å². The van der Waals surface area contributed by atoms with E-state index in [9.17, 15) is 4.79 Å². The molecule has 2 rings (SSSR count). The standard InChI is InChI=1S/C17H24N4OS/c1-5-21(4)15-9-7-6-8-14(15)11-19-17(22)20-13(3)16-18-10-12(2)23-16/h6-10,13H,5,11H2,1-4H3,(H2,19,20,22)/t13-/m1/s1. The Balaban J connectivity index is 1.92. The monoisotopic (exact) mass is 332 g/mol. The van der Waals surface area contributed by atoms with Gasteiger partial charge in [0.2, 0.25) is 0 Å². The molecule has 1 aromatic heterocycles. The Kier molecular flexibility index (Phi) is 5.98. The molecule has 23 heavy (non-hydrogen) atoms. The second kappa shape index (κ2) is 7.97. The van der Waals surface area contributed by atoms with Crippen molar-refractivity contribution in [2.45, 2.75) is 33.4 Å². The molecule has 0 unspecified atom stereocenters. The van der Waals surface area contributed by atoms with E-state index in [1.54, 1.807) is 11.3 Å². The highest BCUT2D eigenvalue weighted by molar-refractivity contribution is 7.11. The number of aryl methyl sites for hydroxylation is 1. The molecule has 2 amide bonds. The van der Waals surface area contributed by atoms with E-state index in [4.69, 9.17) is 0 Å². The highest BCUT2D eigenvalue weighted by Gasteiger charge is 2.13. The zero-order valence-corrected chi connectivity index (χ0v) is 14.9. The van der Waals surface area contributed by atoms with Crippen LogP contribution in [0.4, 0.5) is 10.5 Å². The highest BCUT2D eigenvalue weighted by Crippen LogP contribution is 2.20. The number of benzene rings is 1. The Morgan fingerprint density at radius 3 is 2.78 bits per heavy atom. The van der Waals surface area contributed by atoms with Crippen molar-refractivity contribution in [3.8, 4) is 0 Å². The number of thiazole rings is 1. The summed E-state index contributed by atoms with van der Waals surface area (Å²) in [5.41, 5.74) is 2.24. The SMILES string of the molecule is CCN(C)c1ccccc1CNC(=O)N[C@H](C)c1ncc(C)s1. The lowest BCUT2D eigenvalue weighted by Gasteiger charge is -2.21.